The summed E-state index contributed by atoms with van der Waals surface area (Å²) in [6, 6.07) is 10.0. The van der Waals surface area contributed by atoms with Crippen LogP contribution in [0.4, 0.5) is 4.79 Å². The monoisotopic (exact) mass is 341 g/mol. The number of primary amides is 1. The standard InChI is InChI=1S/C20H27N3O2/c21-19(25)23-9-8-17(13-23)22-18(24)20(11-14-4-2-1-3-5-14)12-15-6-7-16(20)10-15/h1-5,15-17H,6-13H2,(H2,21,25)(H,22,24). The average Bonchev–Trinajstić information content (AvgIpc) is 3.31. The van der Waals surface area contributed by atoms with Crippen LogP contribution in [0.3, 0.4) is 0 Å². The second-order valence-corrected chi connectivity index (χ2v) is 8.14. The van der Waals surface area contributed by atoms with Crippen LogP contribution in [0.2, 0.25) is 0 Å². The molecule has 1 saturated heterocycles. The molecule has 3 amide bonds. The zero-order valence-electron chi connectivity index (χ0n) is 14.6. The molecule has 2 bridgehead atoms. The molecule has 3 N–H and O–H groups in total. The van der Waals surface area contributed by atoms with Crippen LogP contribution in [0, 0.1) is 17.3 Å². The minimum atomic E-state index is -0.393. The Balaban J connectivity index is 1.51. The number of nitrogens with zero attached hydrogens (tertiary/aromatic N) is 1. The van der Waals surface area contributed by atoms with Crippen LogP contribution < -0.4 is 11.1 Å². The van der Waals surface area contributed by atoms with Crippen molar-refractivity contribution in [3.8, 4) is 0 Å². The largest absolute Gasteiger partial charge is 0.351 e. The molecule has 2 saturated carbocycles. The first-order valence-electron chi connectivity index (χ1n) is 9.46. The Bertz CT molecular complexity index is 662. The topological polar surface area (TPSA) is 75.4 Å². The molecule has 1 aliphatic heterocycles. The predicted octanol–water partition coefficient (Wildman–Crippen LogP) is 2.30. The minimum absolute atomic E-state index is 0.0341. The van der Waals surface area contributed by atoms with Crippen LogP contribution in [0.25, 0.3) is 0 Å². The lowest BCUT2D eigenvalue weighted by molar-refractivity contribution is -0.134. The molecular weight excluding hydrogens is 314 g/mol. The van der Waals surface area contributed by atoms with Gasteiger partial charge in [-0.3, -0.25) is 4.79 Å². The second-order valence-electron chi connectivity index (χ2n) is 8.14. The zero-order valence-corrected chi connectivity index (χ0v) is 14.6. The number of hydrogen-bond acceptors (Lipinski definition) is 2. The number of fused-ring (bicyclic) bond motifs is 2. The lowest BCUT2D eigenvalue weighted by Crippen LogP contribution is -2.50. The van der Waals surface area contributed by atoms with Gasteiger partial charge >= 0.3 is 6.03 Å². The van der Waals surface area contributed by atoms with Crippen molar-refractivity contribution in [2.75, 3.05) is 13.1 Å². The summed E-state index contributed by atoms with van der Waals surface area (Å²) in [4.78, 5) is 26.3. The zero-order chi connectivity index (χ0) is 17.4. The first-order valence-corrected chi connectivity index (χ1v) is 9.46. The Morgan fingerprint density at radius 1 is 1.20 bits per heavy atom. The van der Waals surface area contributed by atoms with Gasteiger partial charge in [-0.05, 0) is 49.5 Å². The Hall–Kier alpha value is -2.04. The molecule has 4 rings (SSSR count). The fraction of sp³-hybridized carbons (Fsp3) is 0.600. The smallest absolute Gasteiger partial charge is 0.314 e. The molecule has 0 spiro atoms. The van der Waals surface area contributed by atoms with Crippen LogP contribution in [-0.4, -0.2) is 36.0 Å². The maximum absolute atomic E-state index is 13.3. The van der Waals surface area contributed by atoms with E-state index in [0.29, 0.717) is 24.9 Å². The molecular formula is C20H27N3O2. The summed E-state index contributed by atoms with van der Waals surface area (Å²) in [5, 5.41) is 3.26. The van der Waals surface area contributed by atoms with Crippen molar-refractivity contribution < 1.29 is 9.59 Å². The third-order valence-electron chi connectivity index (χ3n) is 6.63. The number of nitrogens with two attached hydrogens (primary N) is 1. The van der Waals surface area contributed by atoms with E-state index in [0.717, 1.165) is 19.3 Å². The fourth-order valence-corrected chi connectivity index (χ4v) is 5.39. The van der Waals surface area contributed by atoms with Crippen LogP contribution in [0.15, 0.2) is 30.3 Å². The molecule has 134 valence electrons. The Kier molecular flexibility index (Phi) is 4.18. The highest BCUT2D eigenvalue weighted by Crippen LogP contribution is 2.57. The second kappa shape index (κ2) is 6.36. The van der Waals surface area contributed by atoms with Crippen molar-refractivity contribution in [3.05, 3.63) is 35.9 Å². The minimum Gasteiger partial charge on any atom is -0.351 e. The summed E-state index contributed by atoms with van der Waals surface area (Å²) in [6.07, 6.45) is 6.26. The maximum Gasteiger partial charge on any atom is 0.314 e. The normalized spacial score (nSPS) is 33.6. The first-order chi connectivity index (χ1) is 12.1. The molecule has 5 heteroatoms. The number of hydrogen-bond donors (Lipinski definition) is 2. The number of urea groups is 1. The van der Waals surface area contributed by atoms with Crippen molar-refractivity contribution in [2.24, 2.45) is 23.0 Å². The van der Waals surface area contributed by atoms with E-state index in [1.54, 1.807) is 4.90 Å². The predicted molar refractivity (Wildman–Crippen MR) is 95.7 cm³/mol. The van der Waals surface area contributed by atoms with E-state index in [-0.39, 0.29) is 17.4 Å². The summed E-state index contributed by atoms with van der Waals surface area (Å²) in [5.41, 5.74) is 6.34. The van der Waals surface area contributed by atoms with E-state index in [4.69, 9.17) is 5.73 Å². The van der Waals surface area contributed by atoms with Crippen molar-refractivity contribution in [1.29, 1.82) is 0 Å². The van der Waals surface area contributed by atoms with Crippen LogP contribution in [-0.2, 0) is 11.2 Å². The van der Waals surface area contributed by atoms with Gasteiger partial charge in [0.1, 0.15) is 0 Å². The van der Waals surface area contributed by atoms with Gasteiger partial charge in [0.15, 0.2) is 0 Å². The average molecular weight is 341 g/mol. The lowest BCUT2D eigenvalue weighted by Gasteiger charge is -2.37. The summed E-state index contributed by atoms with van der Waals surface area (Å²) in [5.74, 6) is 1.39. The van der Waals surface area contributed by atoms with Crippen molar-refractivity contribution in [3.63, 3.8) is 0 Å². The van der Waals surface area contributed by atoms with Gasteiger partial charge in [0, 0.05) is 19.1 Å². The molecule has 3 aliphatic rings. The van der Waals surface area contributed by atoms with Gasteiger partial charge in [0.2, 0.25) is 5.91 Å². The van der Waals surface area contributed by atoms with E-state index in [1.165, 1.54) is 24.8 Å². The molecule has 0 radical (unpaired) electrons. The number of rotatable bonds is 4. The quantitative estimate of drug-likeness (QED) is 0.882. The maximum atomic E-state index is 13.3. The highest BCUT2D eigenvalue weighted by atomic mass is 16.2. The molecule has 4 atom stereocenters. The van der Waals surface area contributed by atoms with Gasteiger partial charge < -0.3 is 16.0 Å². The van der Waals surface area contributed by atoms with Gasteiger partial charge in [-0.1, -0.05) is 36.8 Å². The van der Waals surface area contributed by atoms with E-state index in [9.17, 15) is 9.59 Å². The molecule has 1 heterocycles. The molecule has 3 fully saturated rings. The Labute approximate surface area is 148 Å². The fourth-order valence-electron chi connectivity index (χ4n) is 5.39. The molecule has 0 aromatic heterocycles. The number of benzene rings is 1. The molecule has 1 aromatic rings. The highest BCUT2D eigenvalue weighted by molar-refractivity contribution is 5.84. The number of carbonyl (C=O) groups is 2. The van der Waals surface area contributed by atoms with E-state index in [1.807, 2.05) is 6.07 Å². The molecule has 25 heavy (non-hydrogen) atoms. The summed E-state index contributed by atoms with van der Waals surface area (Å²) in [7, 11) is 0. The molecule has 1 aromatic carbocycles. The van der Waals surface area contributed by atoms with E-state index >= 15 is 0 Å². The number of amides is 3. The number of carbonyl (C=O) groups excluding carboxylic acids is 2. The first kappa shape index (κ1) is 16.4. The molecule has 4 unspecified atom stereocenters. The van der Waals surface area contributed by atoms with Crippen LogP contribution >= 0.6 is 0 Å². The van der Waals surface area contributed by atoms with E-state index in [2.05, 4.69) is 29.6 Å². The highest BCUT2D eigenvalue weighted by Gasteiger charge is 2.55. The molecule has 2 aliphatic carbocycles. The summed E-state index contributed by atoms with van der Waals surface area (Å²) >= 11 is 0. The Morgan fingerprint density at radius 2 is 2.00 bits per heavy atom. The van der Waals surface area contributed by atoms with Gasteiger partial charge in [0.25, 0.3) is 0 Å². The van der Waals surface area contributed by atoms with Crippen molar-refractivity contribution >= 4 is 11.9 Å². The van der Waals surface area contributed by atoms with E-state index < -0.39 is 6.03 Å². The van der Waals surface area contributed by atoms with Crippen LogP contribution in [0.5, 0.6) is 0 Å². The van der Waals surface area contributed by atoms with Gasteiger partial charge in [-0.2, -0.15) is 0 Å². The third-order valence-corrected chi connectivity index (χ3v) is 6.63. The summed E-state index contributed by atoms with van der Waals surface area (Å²) in [6.45, 7) is 1.18. The molecule has 5 nitrogen and oxygen atoms in total. The van der Waals surface area contributed by atoms with Gasteiger partial charge in [-0.15, -0.1) is 0 Å². The third kappa shape index (κ3) is 3.00. The van der Waals surface area contributed by atoms with Crippen molar-refractivity contribution in [2.45, 2.75) is 44.6 Å². The number of nitrogens with one attached hydrogen (secondary N) is 1. The SMILES string of the molecule is NC(=O)N1CCC(NC(=O)C2(Cc3ccccc3)CC3CCC2C3)C1. The number of likely N-dealkylation sites (tertiary alicyclic amines) is 1. The lowest BCUT2D eigenvalue weighted by atomic mass is 9.68. The van der Waals surface area contributed by atoms with Gasteiger partial charge in [-0.25, -0.2) is 4.79 Å². The Morgan fingerprint density at radius 3 is 2.60 bits per heavy atom. The summed E-state index contributed by atoms with van der Waals surface area (Å²) < 4.78 is 0. The van der Waals surface area contributed by atoms with Crippen molar-refractivity contribution in [1.82, 2.24) is 10.2 Å². The van der Waals surface area contributed by atoms with Crippen LogP contribution in [0.1, 0.15) is 37.7 Å². The van der Waals surface area contributed by atoms with Gasteiger partial charge in [0.05, 0.1) is 5.41 Å².